The third-order valence-electron chi connectivity index (χ3n) is 4.39. The Balaban J connectivity index is 1.71. The number of amides is 1. The lowest BCUT2D eigenvalue weighted by atomic mass is 10.1. The molecule has 0 spiro atoms. The number of hydrogen-bond acceptors (Lipinski definition) is 4. The van der Waals surface area contributed by atoms with E-state index < -0.39 is 0 Å². The maximum atomic E-state index is 12.4. The molecule has 0 bridgehead atoms. The van der Waals surface area contributed by atoms with Crippen molar-refractivity contribution in [3.8, 4) is 11.3 Å². The summed E-state index contributed by atoms with van der Waals surface area (Å²) in [6.07, 6.45) is 3.28. The van der Waals surface area contributed by atoms with E-state index in [1.165, 1.54) is 6.07 Å². The Morgan fingerprint density at radius 2 is 1.83 bits per heavy atom. The van der Waals surface area contributed by atoms with Gasteiger partial charge in [0, 0.05) is 36.3 Å². The zero-order valence-corrected chi connectivity index (χ0v) is 16.9. The molecular formula is C23H23N5O2. The van der Waals surface area contributed by atoms with Gasteiger partial charge in [-0.2, -0.15) is 5.10 Å². The minimum Gasteiger partial charge on any atom is -0.324 e. The number of benzene rings is 2. The van der Waals surface area contributed by atoms with Crippen LogP contribution in [0.4, 0.5) is 11.4 Å². The number of anilines is 2. The van der Waals surface area contributed by atoms with Gasteiger partial charge >= 0.3 is 0 Å². The van der Waals surface area contributed by atoms with Crippen molar-refractivity contribution in [1.29, 1.82) is 0 Å². The largest absolute Gasteiger partial charge is 0.324 e. The molecule has 30 heavy (non-hydrogen) atoms. The molecule has 0 aliphatic rings. The molecule has 0 aliphatic carbocycles. The first-order valence-electron chi connectivity index (χ1n) is 9.38. The lowest BCUT2D eigenvalue weighted by molar-refractivity contribution is -0.117. The van der Waals surface area contributed by atoms with Crippen LogP contribution in [0.1, 0.15) is 5.56 Å². The molecule has 0 saturated heterocycles. The van der Waals surface area contributed by atoms with Gasteiger partial charge in [0.05, 0.1) is 12.0 Å². The molecule has 3 aromatic rings. The topological polar surface area (TPSA) is 79.6 Å². The fourth-order valence-electron chi connectivity index (χ4n) is 2.84. The summed E-state index contributed by atoms with van der Waals surface area (Å²) in [6, 6.07) is 18.1. The fourth-order valence-corrected chi connectivity index (χ4v) is 2.84. The first-order chi connectivity index (χ1) is 14.5. The molecule has 0 atom stereocenters. The standard InChI is InChI=1S/C23H23N5O2/c1-4-27(16-24-3)20-11-9-19(10-12-20)25-22(29)15-28-23(30)14-13-21(26-28)18-7-5-17(2)6-8-18/h4-14,16H,1,15H2,2-3H3,(H,25,29). The number of hydrogen-bond donors (Lipinski definition) is 1. The molecule has 152 valence electrons. The van der Waals surface area contributed by atoms with Gasteiger partial charge in [-0.15, -0.1) is 0 Å². The maximum absolute atomic E-state index is 12.4. The number of aryl methyl sites for hydroxylation is 1. The van der Waals surface area contributed by atoms with Gasteiger partial charge < -0.3 is 10.2 Å². The van der Waals surface area contributed by atoms with Crippen molar-refractivity contribution < 1.29 is 4.79 Å². The van der Waals surface area contributed by atoms with E-state index in [0.717, 1.165) is 21.5 Å². The van der Waals surface area contributed by atoms with Crippen molar-refractivity contribution in [2.24, 2.45) is 4.99 Å². The average Bonchev–Trinajstić information content (AvgIpc) is 2.75. The zero-order valence-electron chi connectivity index (χ0n) is 16.9. The molecule has 0 aliphatic heterocycles. The van der Waals surface area contributed by atoms with Crippen molar-refractivity contribution in [2.45, 2.75) is 13.5 Å². The average molecular weight is 401 g/mol. The summed E-state index contributed by atoms with van der Waals surface area (Å²) in [5.41, 5.74) is 3.79. The third-order valence-corrected chi connectivity index (χ3v) is 4.39. The molecule has 0 saturated carbocycles. The van der Waals surface area contributed by atoms with Crippen LogP contribution in [0.2, 0.25) is 0 Å². The summed E-state index contributed by atoms with van der Waals surface area (Å²) in [5.74, 6) is -0.339. The normalized spacial score (nSPS) is 10.7. The van der Waals surface area contributed by atoms with Crippen LogP contribution in [0.5, 0.6) is 0 Å². The van der Waals surface area contributed by atoms with E-state index in [2.05, 4.69) is 22.0 Å². The molecule has 7 heteroatoms. The number of aliphatic imine (C=N–C) groups is 1. The SMILES string of the molecule is C=CN(C=NC)c1ccc(NC(=O)Cn2nc(-c3ccc(C)cc3)ccc2=O)cc1. The first-order valence-corrected chi connectivity index (χ1v) is 9.38. The molecular weight excluding hydrogens is 378 g/mol. The highest BCUT2D eigenvalue weighted by Crippen LogP contribution is 2.18. The number of aromatic nitrogens is 2. The molecule has 1 amide bonds. The molecule has 7 nitrogen and oxygen atoms in total. The summed E-state index contributed by atoms with van der Waals surface area (Å²) in [6.45, 7) is 5.56. The predicted octanol–water partition coefficient (Wildman–Crippen LogP) is 3.47. The fraction of sp³-hybridized carbons (Fsp3) is 0.130. The van der Waals surface area contributed by atoms with Crippen molar-refractivity contribution >= 4 is 23.6 Å². The van der Waals surface area contributed by atoms with Crippen LogP contribution in [-0.4, -0.2) is 29.1 Å². The number of carbonyl (C=O) groups excluding carboxylic acids is 1. The van der Waals surface area contributed by atoms with Crippen LogP contribution in [0, 0.1) is 6.92 Å². The number of carbonyl (C=O) groups is 1. The van der Waals surface area contributed by atoms with Crippen LogP contribution in [0.25, 0.3) is 11.3 Å². The highest BCUT2D eigenvalue weighted by Gasteiger charge is 2.09. The van der Waals surface area contributed by atoms with Crippen molar-refractivity contribution in [1.82, 2.24) is 9.78 Å². The Morgan fingerprint density at radius 3 is 2.47 bits per heavy atom. The van der Waals surface area contributed by atoms with Gasteiger partial charge in [0.15, 0.2) is 0 Å². The second-order valence-corrected chi connectivity index (χ2v) is 6.64. The quantitative estimate of drug-likeness (QED) is 0.486. The van der Waals surface area contributed by atoms with E-state index in [1.54, 1.807) is 42.7 Å². The van der Waals surface area contributed by atoms with Crippen LogP contribution >= 0.6 is 0 Å². The van der Waals surface area contributed by atoms with E-state index >= 15 is 0 Å². The van der Waals surface area contributed by atoms with E-state index in [9.17, 15) is 9.59 Å². The summed E-state index contributed by atoms with van der Waals surface area (Å²) >= 11 is 0. The summed E-state index contributed by atoms with van der Waals surface area (Å²) in [4.78, 5) is 30.3. The summed E-state index contributed by atoms with van der Waals surface area (Å²) < 4.78 is 1.16. The molecule has 1 aromatic heterocycles. The lowest BCUT2D eigenvalue weighted by Gasteiger charge is -2.14. The zero-order chi connectivity index (χ0) is 21.5. The Bertz CT molecular complexity index is 1120. The molecule has 0 fully saturated rings. The summed E-state index contributed by atoms with van der Waals surface area (Å²) in [5, 5.41) is 7.12. The smallest absolute Gasteiger partial charge is 0.267 e. The first kappa shape index (κ1) is 20.7. The van der Waals surface area contributed by atoms with E-state index in [-0.39, 0.29) is 18.0 Å². The number of nitrogens with one attached hydrogen (secondary N) is 1. The second kappa shape index (κ2) is 9.47. The minimum absolute atomic E-state index is 0.179. The molecule has 0 radical (unpaired) electrons. The van der Waals surface area contributed by atoms with Crippen LogP contribution in [0.15, 0.2) is 83.2 Å². The summed E-state index contributed by atoms with van der Waals surface area (Å²) in [7, 11) is 1.68. The molecule has 0 unspecified atom stereocenters. The van der Waals surface area contributed by atoms with Gasteiger partial charge in [0.25, 0.3) is 5.56 Å². The van der Waals surface area contributed by atoms with Gasteiger partial charge in [0.1, 0.15) is 6.54 Å². The molecule has 3 rings (SSSR count). The Morgan fingerprint density at radius 1 is 1.13 bits per heavy atom. The Hall–Kier alpha value is -4.00. The van der Waals surface area contributed by atoms with Crippen LogP contribution < -0.4 is 15.8 Å². The molecule has 1 N–H and O–H groups in total. The third kappa shape index (κ3) is 5.08. The van der Waals surface area contributed by atoms with Gasteiger partial charge in [-0.05, 0) is 37.3 Å². The minimum atomic E-state index is -0.339. The monoisotopic (exact) mass is 401 g/mol. The highest BCUT2D eigenvalue weighted by atomic mass is 16.2. The van der Waals surface area contributed by atoms with Crippen LogP contribution in [0.3, 0.4) is 0 Å². The maximum Gasteiger partial charge on any atom is 0.267 e. The predicted molar refractivity (Wildman–Crippen MR) is 121 cm³/mol. The van der Waals surface area contributed by atoms with E-state index in [4.69, 9.17) is 0 Å². The molecule has 2 aromatic carbocycles. The van der Waals surface area contributed by atoms with Gasteiger partial charge in [-0.25, -0.2) is 4.68 Å². The Kier molecular flexibility index (Phi) is 6.54. The van der Waals surface area contributed by atoms with Gasteiger partial charge in [-0.1, -0.05) is 36.4 Å². The van der Waals surface area contributed by atoms with Crippen molar-refractivity contribution in [3.63, 3.8) is 0 Å². The van der Waals surface area contributed by atoms with E-state index in [0.29, 0.717) is 11.4 Å². The second-order valence-electron chi connectivity index (χ2n) is 6.64. The highest BCUT2D eigenvalue weighted by molar-refractivity contribution is 5.91. The van der Waals surface area contributed by atoms with Crippen molar-refractivity contribution in [3.05, 3.63) is 89.4 Å². The Labute approximate surface area is 175 Å². The van der Waals surface area contributed by atoms with Gasteiger partial charge in [-0.3, -0.25) is 14.6 Å². The van der Waals surface area contributed by atoms with Crippen LogP contribution in [-0.2, 0) is 11.3 Å². The lowest BCUT2D eigenvalue weighted by Crippen LogP contribution is -2.29. The molecule has 1 heterocycles. The number of nitrogens with zero attached hydrogens (tertiary/aromatic N) is 4. The van der Waals surface area contributed by atoms with E-state index in [1.807, 2.05) is 43.3 Å². The van der Waals surface area contributed by atoms with Crippen molar-refractivity contribution in [2.75, 3.05) is 17.3 Å². The van der Waals surface area contributed by atoms with Gasteiger partial charge in [0.2, 0.25) is 5.91 Å². The number of rotatable bonds is 7.